The molecule has 0 unspecified atom stereocenters. The lowest BCUT2D eigenvalue weighted by atomic mass is 9.90. The van der Waals surface area contributed by atoms with Gasteiger partial charge in [-0.3, -0.25) is 24.3 Å². The molecule has 1 aliphatic heterocycles. The molecular formula is C26H27N5O. The summed E-state index contributed by atoms with van der Waals surface area (Å²) in [5.41, 5.74) is 5.03. The summed E-state index contributed by atoms with van der Waals surface area (Å²) in [6.45, 7) is 2.89. The highest BCUT2D eigenvalue weighted by Crippen LogP contribution is 2.24. The summed E-state index contributed by atoms with van der Waals surface area (Å²) in [4.78, 5) is 24.5. The molecule has 1 aliphatic rings. The number of aryl methyl sites for hydroxylation is 1. The second-order valence-corrected chi connectivity index (χ2v) is 8.67. The Kier molecular flexibility index (Phi) is 5.77. The van der Waals surface area contributed by atoms with Crippen molar-refractivity contribution < 1.29 is 4.79 Å². The van der Waals surface area contributed by atoms with Crippen LogP contribution in [0.5, 0.6) is 0 Å². The van der Waals surface area contributed by atoms with Gasteiger partial charge in [0.25, 0.3) is 0 Å². The van der Waals surface area contributed by atoms with Gasteiger partial charge in [-0.25, -0.2) is 0 Å². The standard InChI is InChI=1S/C26H27N5O/c1-30-18-23(15-29-30)22-11-21-12-24(27-16-25(21)28-14-22)13-26(32)20-7-9-31(10-8-20)17-19-5-3-2-4-6-19/h2-6,11-12,14-16,18,20H,7-10,13,17H2,1H3. The highest BCUT2D eigenvalue weighted by Gasteiger charge is 2.25. The molecule has 6 nitrogen and oxygen atoms in total. The van der Waals surface area contributed by atoms with Crippen molar-refractivity contribution in [2.75, 3.05) is 13.1 Å². The Bertz CT molecular complexity index is 1230. The van der Waals surface area contributed by atoms with E-state index in [9.17, 15) is 4.79 Å². The summed E-state index contributed by atoms with van der Waals surface area (Å²) in [6.07, 6.45) is 9.65. The molecule has 0 radical (unpaired) electrons. The fourth-order valence-electron chi connectivity index (χ4n) is 4.48. The van der Waals surface area contributed by atoms with Crippen molar-refractivity contribution in [1.82, 2.24) is 24.6 Å². The summed E-state index contributed by atoms with van der Waals surface area (Å²) >= 11 is 0. The first kappa shape index (κ1) is 20.5. The van der Waals surface area contributed by atoms with Crippen molar-refractivity contribution in [1.29, 1.82) is 0 Å². The molecule has 162 valence electrons. The maximum atomic E-state index is 13.0. The summed E-state index contributed by atoms with van der Waals surface area (Å²) in [5, 5.41) is 5.24. The van der Waals surface area contributed by atoms with Gasteiger partial charge in [0.1, 0.15) is 5.78 Å². The lowest BCUT2D eigenvalue weighted by molar-refractivity contribution is -0.123. The third-order valence-electron chi connectivity index (χ3n) is 6.31. The predicted octanol–water partition coefficient (Wildman–Crippen LogP) is 4.05. The maximum absolute atomic E-state index is 13.0. The number of nitrogens with zero attached hydrogens (tertiary/aromatic N) is 5. The van der Waals surface area contributed by atoms with Crippen LogP contribution in [0, 0.1) is 5.92 Å². The number of piperidine rings is 1. The van der Waals surface area contributed by atoms with Crippen LogP contribution in [0.1, 0.15) is 24.1 Å². The largest absolute Gasteiger partial charge is 0.299 e. The van der Waals surface area contributed by atoms with E-state index in [4.69, 9.17) is 0 Å². The molecule has 0 saturated carbocycles. The zero-order chi connectivity index (χ0) is 21.9. The molecule has 0 N–H and O–H groups in total. The minimum Gasteiger partial charge on any atom is -0.299 e. The minimum absolute atomic E-state index is 0.124. The molecule has 1 fully saturated rings. The molecule has 0 amide bonds. The van der Waals surface area contributed by atoms with Gasteiger partial charge in [-0.15, -0.1) is 0 Å². The quantitative estimate of drug-likeness (QED) is 0.466. The third kappa shape index (κ3) is 4.60. The lowest BCUT2D eigenvalue weighted by Crippen LogP contribution is -2.36. The van der Waals surface area contributed by atoms with E-state index in [1.807, 2.05) is 37.8 Å². The zero-order valence-corrected chi connectivity index (χ0v) is 18.3. The zero-order valence-electron chi connectivity index (χ0n) is 18.3. The van der Waals surface area contributed by atoms with Crippen molar-refractivity contribution in [3.63, 3.8) is 0 Å². The monoisotopic (exact) mass is 425 g/mol. The average Bonchev–Trinajstić information content (AvgIpc) is 3.26. The Hall–Kier alpha value is -3.38. The van der Waals surface area contributed by atoms with Crippen molar-refractivity contribution in [2.45, 2.75) is 25.8 Å². The van der Waals surface area contributed by atoms with E-state index < -0.39 is 0 Å². The maximum Gasteiger partial charge on any atom is 0.142 e. The molecule has 5 rings (SSSR count). The average molecular weight is 426 g/mol. The van der Waals surface area contributed by atoms with E-state index in [1.165, 1.54) is 5.56 Å². The van der Waals surface area contributed by atoms with Crippen molar-refractivity contribution >= 4 is 16.7 Å². The highest BCUT2D eigenvalue weighted by molar-refractivity contribution is 5.86. The van der Waals surface area contributed by atoms with Crippen LogP contribution in [-0.2, 0) is 24.8 Å². The number of hydrogen-bond donors (Lipinski definition) is 0. The van der Waals surface area contributed by atoms with E-state index >= 15 is 0 Å². The summed E-state index contributed by atoms with van der Waals surface area (Å²) in [5.74, 6) is 0.423. The number of carbonyl (C=O) groups is 1. The number of rotatable bonds is 6. The summed E-state index contributed by atoms with van der Waals surface area (Å²) < 4.78 is 1.78. The van der Waals surface area contributed by atoms with Crippen LogP contribution in [0.15, 0.2) is 67.3 Å². The fraction of sp³-hybridized carbons (Fsp3) is 0.308. The van der Waals surface area contributed by atoms with Crippen LogP contribution in [0.4, 0.5) is 0 Å². The van der Waals surface area contributed by atoms with E-state index in [-0.39, 0.29) is 5.92 Å². The van der Waals surface area contributed by atoms with Crippen LogP contribution in [0.25, 0.3) is 22.0 Å². The first-order valence-corrected chi connectivity index (χ1v) is 11.2. The Morgan fingerprint density at radius 1 is 1.00 bits per heavy atom. The second-order valence-electron chi connectivity index (χ2n) is 8.67. The SMILES string of the molecule is Cn1cc(-c2cnc3cnc(CC(=O)C4CCN(Cc5ccccc5)CC4)cc3c2)cn1. The Balaban J connectivity index is 1.22. The predicted molar refractivity (Wildman–Crippen MR) is 125 cm³/mol. The highest BCUT2D eigenvalue weighted by atomic mass is 16.1. The number of Topliss-reactive ketones (excluding diaryl/α,β-unsaturated/α-hetero) is 1. The molecule has 0 bridgehead atoms. The number of aromatic nitrogens is 4. The van der Waals surface area contributed by atoms with E-state index in [1.54, 1.807) is 10.9 Å². The van der Waals surface area contributed by atoms with Crippen molar-refractivity contribution in [3.05, 3.63) is 78.5 Å². The van der Waals surface area contributed by atoms with Crippen molar-refractivity contribution in [3.8, 4) is 11.1 Å². The van der Waals surface area contributed by atoms with E-state index in [0.29, 0.717) is 12.2 Å². The summed E-state index contributed by atoms with van der Waals surface area (Å²) in [7, 11) is 1.90. The van der Waals surface area contributed by atoms with Gasteiger partial charge in [0.15, 0.2) is 0 Å². The van der Waals surface area contributed by atoms with Gasteiger partial charge in [0, 0.05) is 60.5 Å². The second kappa shape index (κ2) is 9.01. The smallest absolute Gasteiger partial charge is 0.142 e. The molecule has 32 heavy (non-hydrogen) atoms. The number of pyridine rings is 2. The van der Waals surface area contributed by atoms with Gasteiger partial charge >= 0.3 is 0 Å². The number of carbonyl (C=O) groups excluding carboxylic acids is 1. The van der Waals surface area contributed by atoms with Crippen LogP contribution in [0.2, 0.25) is 0 Å². The number of benzene rings is 1. The Morgan fingerprint density at radius 2 is 1.81 bits per heavy atom. The number of hydrogen-bond acceptors (Lipinski definition) is 5. The van der Waals surface area contributed by atoms with Gasteiger partial charge in [-0.1, -0.05) is 30.3 Å². The molecule has 6 heteroatoms. The molecule has 4 heterocycles. The normalized spacial score (nSPS) is 15.3. The van der Waals surface area contributed by atoms with Crippen LogP contribution in [0.3, 0.4) is 0 Å². The molecule has 3 aromatic heterocycles. The van der Waals surface area contributed by atoms with Gasteiger partial charge in [0.05, 0.1) is 17.9 Å². The minimum atomic E-state index is 0.124. The molecule has 0 atom stereocenters. The summed E-state index contributed by atoms with van der Waals surface area (Å²) in [6, 6.07) is 14.6. The molecule has 1 aromatic carbocycles. The lowest BCUT2D eigenvalue weighted by Gasteiger charge is -2.31. The van der Waals surface area contributed by atoms with E-state index in [2.05, 4.69) is 50.3 Å². The van der Waals surface area contributed by atoms with E-state index in [0.717, 1.165) is 60.2 Å². The van der Waals surface area contributed by atoms with Crippen LogP contribution < -0.4 is 0 Å². The first-order chi connectivity index (χ1) is 15.6. The fourth-order valence-corrected chi connectivity index (χ4v) is 4.48. The molecule has 0 spiro atoms. The van der Waals surface area contributed by atoms with Gasteiger partial charge in [-0.05, 0) is 43.6 Å². The van der Waals surface area contributed by atoms with Crippen LogP contribution in [-0.4, -0.2) is 43.5 Å². The third-order valence-corrected chi connectivity index (χ3v) is 6.31. The van der Waals surface area contributed by atoms with Crippen LogP contribution >= 0.6 is 0 Å². The number of ketones is 1. The molecule has 0 aliphatic carbocycles. The van der Waals surface area contributed by atoms with Gasteiger partial charge in [-0.2, -0.15) is 5.10 Å². The van der Waals surface area contributed by atoms with Crippen molar-refractivity contribution in [2.24, 2.45) is 13.0 Å². The Morgan fingerprint density at radius 3 is 2.56 bits per heavy atom. The van der Waals surface area contributed by atoms with Gasteiger partial charge in [0.2, 0.25) is 0 Å². The molecule has 4 aromatic rings. The number of fused-ring (bicyclic) bond motifs is 1. The molecular weight excluding hydrogens is 398 g/mol. The van der Waals surface area contributed by atoms with Gasteiger partial charge < -0.3 is 0 Å². The topological polar surface area (TPSA) is 63.9 Å². The first-order valence-electron chi connectivity index (χ1n) is 11.2. The Labute approximate surface area is 187 Å². The number of likely N-dealkylation sites (tertiary alicyclic amines) is 1. The molecule has 1 saturated heterocycles.